The number of hydrogen-bond acceptors (Lipinski definition) is 2. The molecule has 0 atom stereocenters. The van der Waals surface area contributed by atoms with Gasteiger partial charge in [-0.25, -0.2) is 10.1 Å². The number of hydrogen-bond donors (Lipinski definition) is 1. The van der Waals surface area contributed by atoms with Crippen LogP contribution in [0.2, 0.25) is 0 Å². The fraction of sp³-hybridized carbons (Fsp3) is 0.133. The third-order valence-corrected chi connectivity index (χ3v) is 3.59. The van der Waals surface area contributed by atoms with Gasteiger partial charge in [-0.3, -0.25) is 0 Å². The molecule has 0 saturated carbocycles. The number of aromatic amines is 1. The van der Waals surface area contributed by atoms with Crippen LogP contribution in [0.1, 0.15) is 11.3 Å². The van der Waals surface area contributed by atoms with Gasteiger partial charge >= 0.3 is 0 Å². The lowest BCUT2D eigenvalue weighted by Gasteiger charge is -1.93. The van der Waals surface area contributed by atoms with Gasteiger partial charge in [0, 0.05) is 16.2 Å². The highest BCUT2D eigenvalue weighted by Crippen LogP contribution is 2.33. The fourth-order valence-corrected chi connectivity index (χ4v) is 2.62. The summed E-state index contributed by atoms with van der Waals surface area (Å²) in [6.45, 7) is 4.09. The topological polar surface area (TPSA) is 41.8 Å². The molecule has 0 aliphatic carbocycles. The molecule has 0 saturated heterocycles. The van der Waals surface area contributed by atoms with Gasteiger partial charge in [0.25, 0.3) is 0 Å². The molecule has 3 nitrogen and oxygen atoms in total. The van der Waals surface area contributed by atoms with Crippen molar-refractivity contribution in [1.82, 2.24) is 10.1 Å². The Balaban J connectivity index is 2.33. The summed E-state index contributed by atoms with van der Waals surface area (Å²) in [5.74, 6) is 0. The van der Waals surface area contributed by atoms with Crippen LogP contribution >= 0.6 is 0 Å². The molecule has 1 N–H and O–H groups in total. The quantitative estimate of drug-likeness (QED) is 0.500. The summed E-state index contributed by atoms with van der Waals surface area (Å²) in [5, 5.41) is 6.36. The normalized spacial score (nSPS) is 11.9. The van der Waals surface area contributed by atoms with Gasteiger partial charge in [0.05, 0.1) is 11.2 Å². The molecule has 18 heavy (non-hydrogen) atoms. The average molecular weight is 236 g/mol. The fourth-order valence-electron chi connectivity index (χ4n) is 2.62. The molecule has 0 fully saturated rings. The Hall–Kier alpha value is -2.29. The molecule has 0 radical (unpaired) electrons. The molecule has 0 spiro atoms. The first-order chi connectivity index (χ1) is 8.75. The molecule has 4 aromatic rings. The van der Waals surface area contributed by atoms with Crippen LogP contribution in [0.5, 0.6) is 0 Å². The van der Waals surface area contributed by atoms with E-state index in [0.717, 1.165) is 33.1 Å². The second-order valence-electron chi connectivity index (χ2n) is 4.75. The van der Waals surface area contributed by atoms with Crippen molar-refractivity contribution in [3.05, 3.63) is 41.6 Å². The zero-order chi connectivity index (χ0) is 12.3. The third kappa shape index (κ3) is 1.06. The summed E-state index contributed by atoms with van der Waals surface area (Å²) in [7, 11) is 0. The Morgan fingerprint density at radius 2 is 1.72 bits per heavy atom. The summed E-state index contributed by atoms with van der Waals surface area (Å²) in [5.41, 5.74) is 5.09. The van der Waals surface area contributed by atoms with E-state index in [1.54, 1.807) is 0 Å². The monoisotopic (exact) mass is 236 g/mol. The van der Waals surface area contributed by atoms with Gasteiger partial charge in [-0.2, -0.15) is 0 Å². The number of nitrogens with zero attached hydrogens (tertiary/aromatic N) is 1. The van der Waals surface area contributed by atoms with Gasteiger partial charge in [0.1, 0.15) is 5.52 Å². The van der Waals surface area contributed by atoms with Crippen molar-refractivity contribution in [3.8, 4) is 0 Å². The maximum atomic E-state index is 5.54. The molecule has 0 unspecified atom stereocenters. The lowest BCUT2D eigenvalue weighted by molar-refractivity contribution is 0.452. The highest BCUT2D eigenvalue weighted by molar-refractivity contribution is 6.16. The summed E-state index contributed by atoms with van der Waals surface area (Å²) in [6.07, 6.45) is 0. The molecule has 88 valence electrons. The Morgan fingerprint density at radius 3 is 2.61 bits per heavy atom. The molecule has 2 heterocycles. The molecule has 0 aliphatic heterocycles. The van der Waals surface area contributed by atoms with Crippen LogP contribution in [0.15, 0.2) is 34.9 Å². The summed E-state index contributed by atoms with van der Waals surface area (Å²) in [4.78, 5) is 4.74. The van der Waals surface area contributed by atoms with E-state index in [4.69, 9.17) is 9.51 Å². The molecule has 2 aromatic carbocycles. The van der Waals surface area contributed by atoms with Crippen LogP contribution in [0.3, 0.4) is 0 Å². The number of para-hydroxylation sites is 1. The number of H-pyrrole nitrogens is 1. The standard InChI is InChI=1S/C15H12N2O/c1-8-4-3-5-11-12-7-6-10-9(2)17-18-15(10)14(12)16-13(8)11/h3-7,17H,1-2H3. The lowest BCUT2D eigenvalue weighted by Crippen LogP contribution is -1.73. The summed E-state index contributed by atoms with van der Waals surface area (Å²) in [6, 6.07) is 10.5. The van der Waals surface area contributed by atoms with Crippen LogP contribution in [-0.4, -0.2) is 10.1 Å². The average Bonchev–Trinajstić information content (AvgIpc) is 2.92. The largest absolute Gasteiger partial charge is 0.379 e. The SMILES string of the molecule is Cc1[nH]oc2c1ccc1c3cccc(C)c3nc12. The van der Waals surface area contributed by atoms with Crippen LogP contribution in [0, 0.1) is 13.8 Å². The van der Waals surface area contributed by atoms with E-state index in [1.165, 1.54) is 10.9 Å². The number of fused-ring (bicyclic) bond motifs is 5. The second-order valence-corrected chi connectivity index (χ2v) is 4.75. The van der Waals surface area contributed by atoms with Crippen molar-refractivity contribution >= 4 is 32.8 Å². The van der Waals surface area contributed by atoms with Crippen molar-refractivity contribution in [2.24, 2.45) is 0 Å². The van der Waals surface area contributed by atoms with Crippen LogP contribution < -0.4 is 0 Å². The van der Waals surface area contributed by atoms with Crippen LogP contribution in [0.25, 0.3) is 32.8 Å². The number of aryl methyl sites for hydroxylation is 2. The first-order valence-corrected chi connectivity index (χ1v) is 6.01. The number of aromatic nitrogens is 2. The van der Waals surface area contributed by atoms with E-state index in [9.17, 15) is 0 Å². The van der Waals surface area contributed by atoms with Crippen LogP contribution in [-0.2, 0) is 0 Å². The van der Waals surface area contributed by atoms with Gasteiger partial charge in [0.2, 0.25) is 0 Å². The van der Waals surface area contributed by atoms with Gasteiger partial charge in [-0.1, -0.05) is 24.3 Å². The van der Waals surface area contributed by atoms with Crippen molar-refractivity contribution in [3.63, 3.8) is 0 Å². The lowest BCUT2D eigenvalue weighted by atomic mass is 10.1. The zero-order valence-electron chi connectivity index (χ0n) is 10.2. The predicted octanol–water partition coefficient (Wildman–Crippen LogP) is 4.08. The minimum atomic E-state index is 0.848. The van der Waals surface area contributed by atoms with Crippen molar-refractivity contribution in [2.75, 3.05) is 0 Å². The van der Waals surface area contributed by atoms with E-state index in [-0.39, 0.29) is 0 Å². The van der Waals surface area contributed by atoms with E-state index < -0.39 is 0 Å². The van der Waals surface area contributed by atoms with E-state index in [2.05, 4.69) is 42.4 Å². The van der Waals surface area contributed by atoms with Crippen molar-refractivity contribution in [1.29, 1.82) is 0 Å². The minimum Gasteiger partial charge on any atom is -0.379 e. The third-order valence-electron chi connectivity index (χ3n) is 3.59. The Labute approximate surface area is 103 Å². The molecule has 0 amide bonds. The van der Waals surface area contributed by atoms with E-state index in [1.807, 2.05) is 6.92 Å². The molecule has 4 rings (SSSR count). The number of nitrogens with one attached hydrogen (secondary N) is 1. The first-order valence-electron chi connectivity index (χ1n) is 6.01. The highest BCUT2D eigenvalue weighted by Gasteiger charge is 2.13. The molecule has 0 bridgehead atoms. The molecule has 2 aromatic heterocycles. The zero-order valence-corrected chi connectivity index (χ0v) is 10.2. The molecular weight excluding hydrogens is 224 g/mol. The second kappa shape index (κ2) is 3.13. The Kier molecular flexibility index (Phi) is 1.69. The maximum Gasteiger partial charge on any atom is 0.190 e. The Morgan fingerprint density at radius 1 is 0.944 bits per heavy atom. The van der Waals surface area contributed by atoms with E-state index >= 15 is 0 Å². The first kappa shape index (κ1) is 9.71. The van der Waals surface area contributed by atoms with Crippen LogP contribution in [0.4, 0.5) is 0 Å². The Bertz CT molecular complexity index is 899. The summed E-state index contributed by atoms with van der Waals surface area (Å²) >= 11 is 0. The van der Waals surface area contributed by atoms with Crippen molar-refractivity contribution in [2.45, 2.75) is 13.8 Å². The smallest absolute Gasteiger partial charge is 0.190 e. The predicted molar refractivity (Wildman–Crippen MR) is 72.8 cm³/mol. The van der Waals surface area contributed by atoms with Gasteiger partial charge in [0.15, 0.2) is 5.58 Å². The molecular formula is C15H12N2O. The van der Waals surface area contributed by atoms with Gasteiger partial charge in [-0.15, -0.1) is 0 Å². The number of rotatable bonds is 0. The molecule has 0 aliphatic rings. The maximum absolute atomic E-state index is 5.54. The highest BCUT2D eigenvalue weighted by atomic mass is 16.5. The minimum absolute atomic E-state index is 0.848. The van der Waals surface area contributed by atoms with E-state index in [0.29, 0.717) is 0 Å². The van der Waals surface area contributed by atoms with Gasteiger partial charge in [-0.05, 0) is 25.5 Å². The number of benzene rings is 2. The summed E-state index contributed by atoms with van der Waals surface area (Å²) < 4.78 is 5.54. The van der Waals surface area contributed by atoms with Gasteiger partial charge < -0.3 is 4.52 Å². The molecule has 3 heteroatoms. The van der Waals surface area contributed by atoms with Crippen molar-refractivity contribution < 1.29 is 4.52 Å².